The van der Waals surface area contributed by atoms with E-state index in [9.17, 15) is 0 Å². The van der Waals surface area contributed by atoms with Crippen molar-refractivity contribution in [1.82, 2.24) is 4.98 Å². The normalized spacial score (nSPS) is 11.2. The molecular formula is C14H9BrClN. The van der Waals surface area contributed by atoms with Crippen LogP contribution < -0.4 is 0 Å². The predicted molar refractivity (Wildman–Crippen MR) is 76.7 cm³/mol. The number of rotatable bonds is 0. The van der Waals surface area contributed by atoms with Crippen LogP contribution >= 0.6 is 27.5 Å². The number of aromatic nitrogens is 1. The van der Waals surface area contributed by atoms with Crippen LogP contribution in [-0.2, 0) is 0 Å². The molecule has 0 aliphatic carbocycles. The number of pyridine rings is 1. The number of benzene rings is 2. The maximum absolute atomic E-state index is 6.44. The van der Waals surface area contributed by atoms with Crippen LogP contribution in [0.1, 0.15) is 5.56 Å². The van der Waals surface area contributed by atoms with Crippen molar-refractivity contribution in [2.45, 2.75) is 6.92 Å². The summed E-state index contributed by atoms with van der Waals surface area (Å²) in [7, 11) is 0. The molecule has 1 heterocycles. The minimum absolute atomic E-state index is 0.779. The smallest absolute Gasteiger partial charge is 0.0753 e. The zero-order chi connectivity index (χ0) is 12.0. The second-order valence-corrected chi connectivity index (χ2v) is 5.35. The van der Waals surface area contributed by atoms with Gasteiger partial charge >= 0.3 is 0 Å². The van der Waals surface area contributed by atoms with Crippen LogP contribution in [-0.4, -0.2) is 4.98 Å². The Balaban J connectivity index is 2.57. The summed E-state index contributed by atoms with van der Waals surface area (Å²) in [6, 6.07) is 12.0. The first kappa shape index (κ1) is 11.0. The molecule has 3 aromatic rings. The first-order valence-electron chi connectivity index (χ1n) is 5.31. The van der Waals surface area contributed by atoms with Gasteiger partial charge in [0.15, 0.2) is 0 Å². The van der Waals surface area contributed by atoms with Gasteiger partial charge in [0.05, 0.1) is 16.1 Å². The first-order valence-corrected chi connectivity index (χ1v) is 6.48. The Morgan fingerprint density at radius 1 is 1.12 bits per heavy atom. The highest BCUT2D eigenvalue weighted by atomic mass is 79.9. The SMILES string of the molecule is Cc1cccc2c(Cl)c3ccc(Br)cc3nc12. The van der Waals surface area contributed by atoms with Crippen molar-refractivity contribution in [3.63, 3.8) is 0 Å². The van der Waals surface area contributed by atoms with Crippen LogP contribution in [0.3, 0.4) is 0 Å². The van der Waals surface area contributed by atoms with Crippen molar-refractivity contribution >= 4 is 49.3 Å². The van der Waals surface area contributed by atoms with Gasteiger partial charge in [0.25, 0.3) is 0 Å². The molecule has 2 aromatic carbocycles. The highest BCUT2D eigenvalue weighted by Crippen LogP contribution is 2.32. The molecule has 1 aromatic heterocycles. The molecular weight excluding hydrogens is 298 g/mol. The topological polar surface area (TPSA) is 12.9 Å². The van der Waals surface area contributed by atoms with E-state index in [1.165, 1.54) is 0 Å². The lowest BCUT2D eigenvalue weighted by atomic mass is 10.1. The van der Waals surface area contributed by atoms with Crippen LogP contribution in [0, 0.1) is 6.92 Å². The summed E-state index contributed by atoms with van der Waals surface area (Å²) < 4.78 is 1.02. The van der Waals surface area contributed by atoms with Gasteiger partial charge in [-0.25, -0.2) is 4.98 Å². The Labute approximate surface area is 113 Å². The maximum Gasteiger partial charge on any atom is 0.0753 e. The average Bonchev–Trinajstić information content (AvgIpc) is 2.30. The molecule has 0 fully saturated rings. The van der Waals surface area contributed by atoms with E-state index in [1.807, 2.05) is 30.3 Å². The molecule has 17 heavy (non-hydrogen) atoms. The van der Waals surface area contributed by atoms with E-state index < -0.39 is 0 Å². The molecule has 0 amide bonds. The Bertz CT molecular complexity index is 737. The third-order valence-electron chi connectivity index (χ3n) is 2.90. The summed E-state index contributed by atoms with van der Waals surface area (Å²) in [5, 5.41) is 2.79. The summed E-state index contributed by atoms with van der Waals surface area (Å²) in [6.07, 6.45) is 0. The lowest BCUT2D eigenvalue weighted by Crippen LogP contribution is -1.87. The van der Waals surface area contributed by atoms with Gasteiger partial charge in [0, 0.05) is 15.2 Å². The largest absolute Gasteiger partial charge is 0.247 e. The fourth-order valence-corrected chi connectivity index (χ4v) is 2.69. The van der Waals surface area contributed by atoms with Gasteiger partial charge in [-0.2, -0.15) is 0 Å². The van der Waals surface area contributed by atoms with Crippen molar-refractivity contribution in [2.24, 2.45) is 0 Å². The zero-order valence-electron chi connectivity index (χ0n) is 9.17. The monoisotopic (exact) mass is 305 g/mol. The fraction of sp³-hybridized carbons (Fsp3) is 0.0714. The quantitative estimate of drug-likeness (QED) is 0.526. The van der Waals surface area contributed by atoms with Crippen molar-refractivity contribution in [3.05, 3.63) is 51.5 Å². The lowest BCUT2D eigenvalue weighted by Gasteiger charge is -2.07. The van der Waals surface area contributed by atoms with Crippen molar-refractivity contribution in [2.75, 3.05) is 0 Å². The van der Waals surface area contributed by atoms with Gasteiger partial charge < -0.3 is 0 Å². The van der Waals surface area contributed by atoms with Gasteiger partial charge in [-0.05, 0) is 24.6 Å². The second kappa shape index (κ2) is 3.97. The lowest BCUT2D eigenvalue weighted by molar-refractivity contribution is 1.42. The van der Waals surface area contributed by atoms with Crippen LogP contribution in [0.2, 0.25) is 5.02 Å². The van der Waals surface area contributed by atoms with Gasteiger partial charge in [-0.15, -0.1) is 0 Å². The molecule has 1 nitrogen and oxygen atoms in total. The molecule has 0 unspecified atom stereocenters. The molecule has 84 valence electrons. The Morgan fingerprint density at radius 3 is 2.76 bits per heavy atom. The van der Waals surface area contributed by atoms with Crippen LogP contribution in [0.5, 0.6) is 0 Å². The molecule has 0 aliphatic rings. The van der Waals surface area contributed by atoms with Crippen LogP contribution in [0.25, 0.3) is 21.8 Å². The van der Waals surface area contributed by atoms with E-state index in [4.69, 9.17) is 11.6 Å². The van der Waals surface area contributed by atoms with E-state index in [0.717, 1.165) is 36.9 Å². The number of nitrogens with zero attached hydrogens (tertiary/aromatic N) is 1. The molecule has 3 rings (SSSR count). The summed E-state index contributed by atoms with van der Waals surface area (Å²) in [4.78, 5) is 4.68. The maximum atomic E-state index is 6.44. The molecule has 0 saturated heterocycles. The number of para-hydroxylation sites is 1. The summed E-state index contributed by atoms with van der Waals surface area (Å²) >= 11 is 9.90. The fourth-order valence-electron chi connectivity index (χ4n) is 2.03. The Morgan fingerprint density at radius 2 is 1.94 bits per heavy atom. The van der Waals surface area contributed by atoms with Crippen LogP contribution in [0.4, 0.5) is 0 Å². The third kappa shape index (κ3) is 1.72. The van der Waals surface area contributed by atoms with Gasteiger partial charge in [0.1, 0.15) is 0 Å². The number of hydrogen-bond acceptors (Lipinski definition) is 1. The van der Waals surface area contributed by atoms with Gasteiger partial charge in [0.2, 0.25) is 0 Å². The van der Waals surface area contributed by atoms with E-state index in [-0.39, 0.29) is 0 Å². The number of aryl methyl sites for hydroxylation is 1. The number of halogens is 2. The molecule has 0 atom stereocenters. The zero-order valence-corrected chi connectivity index (χ0v) is 11.5. The van der Waals surface area contributed by atoms with Gasteiger partial charge in [-0.3, -0.25) is 0 Å². The second-order valence-electron chi connectivity index (χ2n) is 4.06. The third-order valence-corrected chi connectivity index (χ3v) is 3.80. The van der Waals surface area contributed by atoms with Gasteiger partial charge in [-0.1, -0.05) is 51.8 Å². The Kier molecular flexibility index (Phi) is 2.57. The van der Waals surface area contributed by atoms with Crippen LogP contribution in [0.15, 0.2) is 40.9 Å². The van der Waals surface area contributed by atoms with E-state index in [2.05, 4.69) is 33.9 Å². The highest BCUT2D eigenvalue weighted by molar-refractivity contribution is 9.10. The first-order chi connectivity index (χ1) is 8.16. The molecule has 0 radical (unpaired) electrons. The summed E-state index contributed by atoms with van der Waals surface area (Å²) in [5.74, 6) is 0. The minimum Gasteiger partial charge on any atom is -0.247 e. The molecule has 0 N–H and O–H groups in total. The van der Waals surface area contributed by atoms with Crippen molar-refractivity contribution in [3.8, 4) is 0 Å². The number of hydrogen-bond donors (Lipinski definition) is 0. The summed E-state index contributed by atoms with van der Waals surface area (Å²) in [6.45, 7) is 2.05. The van der Waals surface area contributed by atoms with E-state index in [0.29, 0.717) is 0 Å². The summed E-state index contributed by atoms with van der Waals surface area (Å²) in [5.41, 5.74) is 3.04. The minimum atomic E-state index is 0.779. The molecule has 0 spiro atoms. The predicted octanol–water partition coefficient (Wildman–Crippen LogP) is 5.11. The highest BCUT2D eigenvalue weighted by Gasteiger charge is 2.08. The Hall–Kier alpha value is -1.12. The molecule has 0 saturated carbocycles. The van der Waals surface area contributed by atoms with Crippen molar-refractivity contribution < 1.29 is 0 Å². The molecule has 0 aliphatic heterocycles. The van der Waals surface area contributed by atoms with Crippen molar-refractivity contribution in [1.29, 1.82) is 0 Å². The number of fused-ring (bicyclic) bond motifs is 2. The molecule has 3 heteroatoms. The van der Waals surface area contributed by atoms with E-state index >= 15 is 0 Å². The van der Waals surface area contributed by atoms with E-state index in [1.54, 1.807) is 0 Å². The average molecular weight is 307 g/mol. The standard InChI is InChI=1S/C14H9BrClN/c1-8-3-2-4-11-13(16)10-6-5-9(15)7-12(10)17-14(8)11/h2-7H,1H3. The molecule has 0 bridgehead atoms.